The first-order chi connectivity index (χ1) is 16.2. The zero-order chi connectivity index (χ0) is 22.6. The molecule has 0 saturated heterocycles. The van der Waals surface area contributed by atoms with Crippen LogP contribution in [0.15, 0.2) is 97.7 Å². The summed E-state index contributed by atoms with van der Waals surface area (Å²) in [7, 11) is 0. The van der Waals surface area contributed by atoms with Crippen LogP contribution < -0.4 is 5.73 Å². The SMILES string of the molecule is Nc1cnc(-c2cccc(C(c3ccc(F)cc3)C(c3cccnc3)c3cccnc3)n2)s1. The van der Waals surface area contributed by atoms with E-state index in [9.17, 15) is 4.39 Å². The molecule has 1 atom stereocenters. The van der Waals surface area contributed by atoms with E-state index in [1.807, 2.05) is 67.0 Å². The first kappa shape index (κ1) is 20.9. The van der Waals surface area contributed by atoms with Gasteiger partial charge in [-0.2, -0.15) is 0 Å². The number of nitrogens with two attached hydrogens (primary N) is 1. The van der Waals surface area contributed by atoms with Crippen LogP contribution in [0.3, 0.4) is 0 Å². The van der Waals surface area contributed by atoms with Gasteiger partial charge in [0.1, 0.15) is 15.8 Å². The summed E-state index contributed by atoms with van der Waals surface area (Å²) in [5.74, 6) is -0.630. The van der Waals surface area contributed by atoms with Crippen LogP contribution in [0.2, 0.25) is 0 Å². The molecule has 5 nitrogen and oxygen atoms in total. The fourth-order valence-corrected chi connectivity index (χ4v) is 4.70. The first-order valence-corrected chi connectivity index (χ1v) is 11.2. The standard InChI is InChI=1S/C26H20FN5S/c27-20-10-8-17(9-11-20)25(21-6-1-7-22(32-21)26-31-16-23(28)33-26)24(18-4-2-12-29-14-18)19-5-3-13-30-15-19/h1-16,24-25H,28H2. The van der Waals surface area contributed by atoms with E-state index in [2.05, 4.69) is 15.0 Å². The van der Waals surface area contributed by atoms with Crippen molar-refractivity contribution < 1.29 is 4.39 Å². The summed E-state index contributed by atoms with van der Waals surface area (Å²) in [4.78, 5) is 18.1. The van der Waals surface area contributed by atoms with E-state index in [4.69, 9.17) is 10.7 Å². The molecule has 4 aromatic heterocycles. The largest absolute Gasteiger partial charge is 0.389 e. The van der Waals surface area contributed by atoms with Crippen molar-refractivity contribution in [1.29, 1.82) is 0 Å². The molecule has 4 heterocycles. The molecule has 0 aliphatic rings. The molecule has 5 rings (SSSR count). The van der Waals surface area contributed by atoms with Crippen LogP contribution >= 0.6 is 11.3 Å². The van der Waals surface area contributed by atoms with E-state index in [-0.39, 0.29) is 17.7 Å². The van der Waals surface area contributed by atoms with Crippen LogP contribution in [0.4, 0.5) is 9.39 Å². The number of benzene rings is 1. The summed E-state index contributed by atoms with van der Waals surface area (Å²) in [5.41, 5.74) is 10.5. The lowest BCUT2D eigenvalue weighted by molar-refractivity contribution is 0.622. The molecule has 0 fully saturated rings. The molecule has 0 amide bonds. The van der Waals surface area contributed by atoms with Gasteiger partial charge in [0.2, 0.25) is 0 Å². The topological polar surface area (TPSA) is 77.6 Å². The number of anilines is 1. The van der Waals surface area contributed by atoms with Crippen LogP contribution in [0, 0.1) is 5.82 Å². The number of nitrogens with zero attached hydrogens (tertiary/aromatic N) is 4. The Kier molecular flexibility index (Phi) is 5.87. The number of hydrogen-bond acceptors (Lipinski definition) is 6. The highest BCUT2D eigenvalue weighted by Crippen LogP contribution is 2.42. The zero-order valence-electron chi connectivity index (χ0n) is 17.5. The number of rotatable bonds is 6. The Morgan fingerprint density at radius 2 is 1.42 bits per heavy atom. The van der Waals surface area contributed by atoms with Crippen LogP contribution in [0.25, 0.3) is 10.7 Å². The number of nitrogen functional groups attached to an aromatic ring is 1. The second kappa shape index (κ2) is 9.26. The van der Waals surface area contributed by atoms with Gasteiger partial charge in [0.15, 0.2) is 0 Å². The lowest BCUT2D eigenvalue weighted by atomic mass is 9.76. The van der Waals surface area contributed by atoms with Crippen molar-refractivity contribution in [3.63, 3.8) is 0 Å². The zero-order valence-corrected chi connectivity index (χ0v) is 18.4. The smallest absolute Gasteiger partial charge is 0.143 e. The lowest BCUT2D eigenvalue weighted by Gasteiger charge is -2.28. The Morgan fingerprint density at radius 1 is 0.727 bits per heavy atom. The summed E-state index contributed by atoms with van der Waals surface area (Å²) in [6.45, 7) is 0. The highest BCUT2D eigenvalue weighted by Gasteiger charge is 2.30. The van der Waals surface area contributed by atoms with E-state index < -0.39 is 0 Å². The van der Waals surface area contributed by atoms with Crippen LogP contribution in [-0.4, -0.2) is 19.9 Å². The summed E-state index contributed by atoms with van der Waals surface area (Å²) in [5, 5.41) is 1.39. The van der Waals surface area contributed by atoms with Crippen molar-refractivity contribution >= 4 is 16.3 Å². The number of hydrogen-bond donors (Lipinski definition) is 1. The van der Waals surface area contributed by atoms with Crippen LogP contribution in [-0.2, 0) is 0 Å². The third kappa shape index (κ3) is 4.49. The molecule has 162 valence electrons. The minimum atomic E-state index is -0.281. The average molecular weight is 454 g/mol. The summed E-state index contributed by atoms with van der Waals surface area (Å²) < 4.78 is 13.8. The van der Waals surface area contributed by atoms with Gasteiger partial charge in [-0.1, -0.05) is 41.7 Å². The van der Waals surface area contributed by atoms with E-state index >= 15 is 0 Å². The normalized spacial score (nSPS) is 12.1. The molecular weight excluding hydrogens is 433 g/mol. The molecule has 0 saturated carbocycles. The predicted molar refractivity (Wildman–Crippen MR) is 128 cm³/mol. The van der Waals surface area contributed by atoms with E-state index in [1.54, 1.807) is 18.6 Å². The van der Waals surface area contributed by atoms with Crippen molar-refractivity contribution in [2.75, 3.05) is 5.73 Å². The van der Waals surface area contributed by atoms with Crippen molar-refractivity contribution in [2.45, 2.75) is 11.8 Å². The van der Waals surface area contributed by atoms with Crippen molar-refractivity contribution in [3.8, 4) is 10.7 Å². The minimum Gasteiger partial charge on any atom is -0.389 e. The predicted octanol–water partition coefficient (Wildman–Crippen LogP) is 5.68. The molecule has 33 heavy (non-hydrogen) atoms. The quantitative estimate of drug-likeness (QED) is 0.358. The highest BCUT2D eigenvalue weighted by atomic mass is 32.1. The third-order valence-electron chi connectivity index (χ3n) is 5.48. The molecule has 0 bridgehead atoms. The highest BCUT2D eigenvalue weighted by molar-refractivity contribution is 7.18. The summed E-state index contributed by atoms with van der Waals surface area (Å²) in [6.07, 6.45) is 8.86. The minimum absolute atomic E-state index is 0.137. The van der Waals surface area contributed by atoms with Crippen molar-refractivity contribution in [1.82, 2.24) is 19.9 Å². The van der Waals surface area contributed by atoms with Gasteiger partial charge in [-0.25, -0.2) is 14.4 Å². The van der Waals surface area contributed by atoms with Crippen molar-refractivity contribution in [2.24, 2.45) is 0 Å². The fraction of sp³-hybridized carbons (Fsp3) is 0.0769. The third-order valence-corrected chi connectivity index (χ3v) is 6.33. The van der Waals surface area contributed by atoms with Gasteiger partial charge >= 0.3 is 0 Å². The molecule has 0 aliphatic heterocycles. The van der Waals surface area contributed by atoms with E-state index in [0.717, 1.165) is 33.1 Å². The molecule has 1 unspecified atom stereocenters. The number of thiazole rings is 1. The molecule has 5 aromatic rings. The molecule has 0 radical (unpaired) electrons. The lowest BCUT2D eigenvalue weighted by Crippen LogP contribution is -2.16. The van der Waals surface area contributed by atoms with Crippen LogP contribution in [0.1, 0.15) is 34.2 Å². The number of aromatic nitrogens is 4. The van der Waals surface area contributed by atoms with Gasteiger partial charge < -0.3 is 5.73 Å². The fourth-order valence-electron chi connectivity index (χ4n) is 4.05. The molecule has 7 heteroatoms. The summed E-state index contributed by atoms with van der Waals surface area (Å²) in [6, 6.07) is 20.4. The maximum absolute atomic E-state index is 13.8. The van der Waals surface area contributed by atoms with Crippen molar-refractivity contribution in [3.05, 3.63) is 126 Å². The number of pyridine rings is 3. The molecule has 2 N–H and O–H groups in total. The maximum Gasteiger partial charge on any atom is 0.143 e. The Balaban J connectivity index is 1.71. The molecular formula is C26H20FN5S. The van der Waals surface area contributed by atoms with Gasteiger partial charge in [-0.15, -0.1) is 0 Å². The van der Waals surface area contributed by atoms with Gasteiger partial charge in [-0.05, 0) is 53.1 Å². The monoisotopic (exact) mass is 453 g/mol. The second-order valence-corrected chi connectivity index (χ2v) is 8.66. The number of halogens is 1. The Labute approximate surface area is 194 Å². The maximum atomic E-state index is 13.8. The van der Waals surface area contributed by atoms with Gasteiger partial charge in [0, 0.05) is 42.3 Å². The molecule has 0 spiro atoms. The van der Waals surface area contributed by atoms with E-state index in [0.29, 0.717) is 5.00 Å². The Bertz CT molecular complexity index is 1300. The second-order valence-electron chi connectivity index (χ2n) is 7.60. The Hall–Kier alpha value is -3.97. The van der Waals surface area contributed by atoms with Gasteiger partial charge in [-0.3, -0.25) is 9.97 Å². The van der Waals surface area contributed by atoms with Gasteiger partial charge in [0.25, 0.3) is 0 Å². The Morgan fingerprint density at radius 3 is 2.00 bits per heavy atom. The van der Waals surface area contributed by atoms with Crippen LogP contribution in [0.5, 0.6) is 0 Å². The first-order valence-electron chi connectivity index (χ1n) is 10.4. The van der Waals surface area contributed by atoms with E-state index in [1.165, 1.54) is 23.5 Å². The summed E-state index contributed by atoms with van der Waals surface area (Å²) >= 11 is 1.39. The molecule has 1 aromatic carbocycles. The van der Waals surface area contributed by atoms with Gasteiger partial charge in [0.05, 0.1) is 11.9 Å². The average Bonchev–Trinajstić information content (AvgIpc) is 3.31. The molecule has 0 aliphatic carbocycles.